The maximum atomic E-state index is 13.0. The van der Waals surface area contributed by atoms with Crippen molar-refractivity contribution in [1.82, 2.24) is 14.8 Å². The van der Waals surface area contributed by atoms with Crippen LogP contribution < -0.4 is 5.32 Å². The molecule has 7 nitrogen and oxygen atoms in total. The van der Waals surface area contributed by atoms with Crippen LogP contribution in [-0.4, -0.2) is 33.7 Å². The van der Waals surface area contributed by atoms with Crippen molar-refractivity contribution < 1.29 is 18.8 Å². The van der Waals surface area contributed by atoms with Gasteiger partial charge < -0.3 is 14.3 Å². The lowest BCUT2D eigenvalue weighted by molar-refractivity contribution is -0.131. The molecule has 0 saturated carbocycles. The number of aromatic nitrogens is 1. The van der Waals surface area contributed by atoms with Gasteiger partial charge in [0.1, 0.15) is 5.76 Å². The number of amides is 3. The predicted octanol–water partition coefficient (Wildman–Crippen LogP) is 3.65. The van der Waals surface area contributed by atoms with Crippen LogP contribution in [0, 0.1) is 13.8 Å². The van der Waals surface area contributed by atoms with E-state index in [1.165, 1.54) is 11.1 Å². The van der Waals surface area contributed by atoms with Crippen LogP contribution in [0.15, 0.2) is 46.4 Å². The van der Waals surface area contributed by atoms with E-state index in [0.717, 1.165) is 29.3 Å². The zero-order chi connectivity index (χ0) is 21.5. The van der Waals surface area contributed by atoms with E-state index in [1.807, 2.05) is 31.4 Å². The van der Waals surface area contributed by atoms with E-state index in [9.17, 15) is 14.4 Å². The number of nitrogens with one attached hydrogen (secondary N) is 1. The number of furan rings is 1. The third-order valence-corrected chi connectivity index (χ3v) is 6.56. The first-order valence-corrected chi connectivity index (χ1v) is 10.6. The lowest BCUT2D eigenvalue weighted by Gasteiger charge is -2.18. The third-order valence-electron chi connectivity index (χ3n) is 5.63. The average Bonchev–Trinajstić information content (AvgIpc) is 3.48. The largest absolute Gasteiger partial charge is 0.466 e. The van der Waals surface area contributed by atoms with E-state index in [-0.39, 0.29) is 12.3 Å². The smallest absolute Gasteiger partial charge is 0.325 e. The van der Waals surface area contributed by atoms with Gasteiger partial charge in [-0.15, -0.1) is 11.3 Å². The molecule has 8 heteroatoms. The number of carbonyl (C=O) groups excluding carboxylic acids is 3. The van der Waals surface area contributed by atoms with E-state index in [0.29, 0.717) is 11.3 Å². The predicted molar refractivity (Wildman–Crippen MR) is 113 cm³/mol. The molecule has 4 heterocycles. The van der Waals surface area contributed by atoms with E-state index < -0.39 is 17.5 Å². The summed E-state index contributed by atoms with van der Waals surface area (Å²) in [6.45, 7) is 5.89. The maximum absolute atomic E-state index is 13.0. The highest BCUT2D eigenvalue weighted by Gasteiger charge is 2.51. The minimum atomic E-state index is -1.31. The molecule has 0 aromatic carbocycles. The number of aryl methyl sites for hydroxylation is 2. The average molecular weight is 426 g/mol. The van der Waals surface area contributed by atoms with Gasteiger partial charge in [-0.1, -0.05) is 6.07 Å². The Bertz CT molecular complexity index is 1100. The number of Topliss-reactive ketones (excluding diaryl/α,β-unsaturated/α-hetero) is 1. The summed E-state index contributed by atoms with van der Waals surface area (Å²) in [5, 5.41) is 4.69. The Balaban J connectivity index is 1.51. The van der Waals surface area contributed by atoms with Gasteiger partial charge in [0.15, 0.2) is 11.3 Å². The molecule has 1 unspecified atom stereocenters. The fraction of sp³-hybridized carbons (Fsp3) is 0.318. The van der Waals surface area contributed by atoms with E-state index in [1.54, 1.807) is 30.4 Å². The molecule has 1 saturated heterocycles. The van der Waals surface area contributed by atoms with Gasteiger partial charge in [0.25, 0.3) is 5.91 Å². The molecule has 0 bridgehead atoms. The van der Waals surface area contributed by atoms with E-state index in [4.69, 9.17) is 4.42 Å². The zero-order valence-corrected chi connectivity index (χ0v) is 17.9. The summed E-state index contributed by atoms with van der Waals surface area (Å²) in [7, 11) is 0. The number of hydrogen-bond donors (Lipinski definition) is 1. The first kappa shape index (κ1) is 20.2. The van der Waals surface area contributed by atoms with Crippen molar-refractivity contribution in [2.24, 2.45) is 0 Å². The van der Waals surface area contributed by atoms with Gasteiger partial charge in [0.05, 0.1) is 12.8 Å². The van der Waals surface area contributed by atoms with Gasteiger partial charge in [0.2, 0.25) is 0 Å². The quantitative estimate of drug-likeness (QED) is 0.463. The van der Waals surface area contributed by atoms with Gasteiger partial charge in [-0.2, -0.15) is 0 Å². The van der Waals surface area contributed by atoms with Crippen molar-refractivity contribution in [2.45, 2.75) is 39.3 Å². The number of thiophene rings is 1. The third kappa shape index (κ3) is 3.37. The summed E-state index contributed by atoms with van der Waals surface area (Å²) in [4.78, 5) is 40.6. The van der Waals surface area contributed by atoms with Crippen molar-refractivity contribution in [1.29, 1.82) is 0 Å². The Morgan fingerprint density at radius 1 is 1.23 bits per heavy atom. The monoisotopic (exact) mass is 425 g/mol. The highest BCUT2D eigenvalue weighted by atomic mass is 32.1. The number of urea groups is 1. The fourth-order valence-electron chi connectivity index (χ4n) is 3.90. The van der Waals surface area contributed by atoms with Gasteiger partial charge in [-0.25, -0.2) is 4.79 Å². The van der Waals surface area contributed by atoms with Crippen LogP contribution in [0.2, 0.25) is 0 Å². The second-order valence-corrected chi connectivity index (χ2v) is 8.64. The van der Waals surface area contributed by atoms with Crippen LogP contribution in [-0.2, 0) is 23.3 Å². The molecule has 3 aromatic rings. The van der Waals surface area contributed by atoms with Crippen molar-refractivity contribution in [3.8, 4) is 0 Å². The molecular weight excluding hydrogens is 402 g/mol. The molecule has 4 rings (SSSR count). The van der Waals surface area contributed by atoms with Gasteiger partial charge >= 0.3 is 6.03 Å². The summed E-state index contributed by atoms with van der Waals surface area (Å²) in [6, 6.07) is 8.64. The van der Waals surface area contributed by atoms with Crippen molar-refractivity contribution >= 4 is 29.1 Å². The Labute approximate surface area is 178 Å². The number of hydrogen-bond acceptors (Lipinski definition) is 5. The molecule has 1 fully saturated rings. The fourth-order valence-corrected chi connectivity index (χ4v) is 4.60. The minimum absolute atomic E-state index is 0.266. The van der Waals surface area contributed by atoms with Gasteiger partial charge in [-0.05, 0) is 56.8 Å². The summed E-state index contributed by atoms with van der Waals surface area (Å²) < 4.78 is 7.43. The highest BCUT2D eigenvalue weighted by molar-refractivity contribution is 7.09. The van der Waals surface area contributed by atoms with Crippen LogP contribution in [0.3, 0.4) is 0 Å². The molecule has 1 aliphatic rings. The summed E-state index contributed by atoms with van der Waals surface area (Å²) >= 11 is 1.71. The summed E-state index contributed by atoms with van der Waals surface area (Å²) in [5.41, 5.74) is 1.05. The molecule has 0 spiro atoms. The standard InChI is InChI=1S/C22H23N3O4S/c1-14-12-17(15(2)24(14)9-8-16-6-5-11-30-16)18(26)13-25-20(27)22(3,23-21(25)28)19-7-4-10-29-19/h4-7,10-12H,8-9,13H2,1-3H3,(H,23,28). The Morgan fingerprint density at radius 3 is 2.70 bits per heavy atom. The maximum Gasteiger partial charge on any atom is 0.325 e. The molecule has 156 valence electrons. The summed E-state index contributed by atoms with van der Waals surface area (Å²) in [6.07, 6.45) is 2.33. The molecule has 1 N–H and O–H groups in total. The molecule has 1 atom stereocenters. The van der Waals surface area contributed by atoms with E-state index >= 15 is 0 Å². The van der Waals surface area contributed by atoms with Crippen molar-refractivity contribution in [2.75, 3.05) is 6.54 Å². The van der Waals surface area contributed by atoms with Gasteiger partial charge in [0, 0.05) is 28.4 Å². The van der Waals surface area contributed by atoms with Crippen LogP contribution >= 0.6 is 11.3 Å². The second kappa shape index (κ2) is 7.60. The summed E-state index contributed by atoms with van der Waals surface area (Å²) in [5.74, 6) is -0.428. The van der Waals surface area contributed by atoms with Gasteiger partial charge in [-0.3, -0.25) is 14.5 Å². The highest BCUT2D eigenvalue weighted by Crippen LogP contribution is 2.29. The SMILES string of the molecule is Cc1cc(C(=O)CN2C(=O)NC(C)(c3ccco3)C2=O)c(C)n1CCc1cccs1. The van der Waals surface area contributed by atoms with Crippen LogP contribution in [0.25, 0.3) is 0 Å². The molecular formula is C22H23N3O4S. The molecule has 0 aliphatic carbocycles. The molecule has 3 amide bonds. The Kier molecular flexibility index (Phi) is 5.11. The molecule has 1 aliphatic heterocycles. The second-order valence-electron chi connectivity index (χ2n) is 7.61. The van der Waals surface area contributed by atoms with E-state index in [2.05, 4.69) is 16.0 Å². The first-order valence-electron chi connectivity index (χ1n) is 9.71. The topological polar surface area (TPSA) is 84.6 Å². The molecule has 3 aromatic heterocycles. The lowest BCUT2D eigenvalue weighted by Crippen LogP contribution is -2.41. The normalized spacial score (nSPS) is 18.8. The van der Waals surface area contributed by atoms with Crippen LogP contribution in [0.1, 0.15) is 39.3 Å². The van der Waals surface area contributed by atoms with Crippen molar-refractivity contribution in [3.05, 3.63) is 69.6 Å². The number of nitrogens with zero attached hydrogens (tertiary/aromatic N) is 2. The number of imide groups is 1. The number of carbonyl (C=O) groups is 3. The Morgan fingerprint density at radius 2 is 2.03 bits per heavy atom. The molecule has 30 heavy (non-hydrogen) atoms. The Hall–Kier alpha value is -3.13. The zero-order valence-electron chi connectivity index (χ0n) is 17.1. The lowest BCUT2D eigenvalue weighted by atomic mass is 9.99. The number of ketones is 1. The number of rotatable bonds is 7. The first-order chi connectivity index (χ1) is 14.3. The van der Waals surface area contributed by atoms with Crippen molar-refractivity contribution in [3.63, 3.8) is 0 Å². The van der Waals surface area contributed by atoms with Crippen LogP contribution in [0.5, 0.6) is 0 Å². The van der Waals surface area contributed by atoms with Crippen LogP contribution in [0.4, 0.5) is 4.79 Å². The minimum Gasteiger partial charge on any atom is -0.466 e. The molecule has 0 radical (unpaired) electrons.